The van der Waals surface area contributed by atoms with Crippen LogP contribution in [-0.2, 0) is 6.42 Å². The molecule has 1 aromatic heterocycles. The SMILES string of the molecule is CCc1ccc(-c2ccnc(C3CCNCC3)n2)cc1. The van der Waals surface area contributed by atoms with Crippen LogP contribution >= 0.6 is 0 Å². The van der Waals surface area contributed by atoms with E-state index >= 15 is 0 Å². The van der Waals surface area contributed by atoms with Gasteiger partial charge in [-0.3, -0.25) is 0 Å². The van der Waals surface area contributed by atoms with Gasteiger partial charge in [-0.2, -0.15) is 0 Å². The molecular weight excluding hydrogens is 246 g/mol. The van der Waals surface area contributed by atoms with Crippen LogP contribution in [0.5, 0.6) is 0 Å². The zero-order valence-corrected chi connectivity index (χ0v) is 12.0. The molecule has 1 N–H and O–H groups in total. The Kier molecular flexibility index (Phi) is 4.07. The molecule has 2 heterocycles. The van der Waals surface area contributed by atoms with Crippen molar-refractivity contribution in [1.29, 1.82) is 0 Å². The second kappa shape index (κ2) is 6.14. The van der Waals surface area contributed by atoms with E-state index in [1.807, 2.05) is 12.3 Å². The van der Waals surface area contributed by atoms with Crippen molar-refractivity contribution in [3.8, 4) is 11.3 Å². The van der Waals surface area contributed by atoms with Gasteiger partial charge in [0.2, 0.25) is 0 Å². The van der Waals surface area contributed by atoms with Crippen LogP contribution in [0.4, 0.5) is 0 Å². The van der Waals surface area contributed by atoms with Crippen molar-refractivity contribution < 1.29 is 0 Å². The number of hydrogen-bond donors (Lipinski definition) is 1. The zero-order valence-electron chi connectivity index (χ0n) is 12.0. The van der Waals surface area contributed by atoms with Gasteiger partial charge < -0.3 is 5.32 Å². The molecule has 3 rings (SSSR count). The van der Waals surface area contributed by atoms with Crippen LogP contribution in [0.15, 0.2) is 36.5 Å². The quantitative estimate of drug-likeness (QED) is 0.928. The van der Waals surface area contributed by atoms with Gasteiger partial charge in [0.15, 0.2) is 0 Å². The zero-order chi connectivity index (χ0) is 13.8. The first-order chi connectivity index (χ1) is 9.86. The van der Waals surface area contributed by atoms with Gasteiger partial charge >= 0.3 is 0 Å². The maximum absolute atomic E-state index is 4.78. The van der Waals surface area contributed by atoms with E-state index in [0.29, 0.717) is 5.92 Å². The highest BCUT2D eigenvalue weighted by molar-refractivity contribution is 5.59. The van der Waals surface area contributed by atoms with Gasteiger partial charge in [-0.1, -0.05) is 31.2 Å². The average Bonchev–Trinajstić information content (AvgIpc) is 2.56. The smallest absolute Gasteiger partial charge is 0.132 e. The minimum atomic E-state index is 0.506. The Labute approximate surface area is 120 Å². The molecule has 1 aromatic carbocycles. The van der Waals surface area contributed by atoms with Gasteiger partial charge in [0.1, 0.15) is 5.82 Å². The molecule has 1 aliphatic rings. The molecule has 104 valence electrons. The van der Waals surface area contributed by atoms with Crippen LogP contribution in [0.1, 0.15) is 37.1 Å². The van der Waals surface area contributed by atoms with Gasteiger partial charge in [-0.15, -0.1) is 0 Å². The summed E-state index contributed by atoms with van der Waals surface area (Å²) >= 11 is 0. The van der Waals surface area contributed by atoms with E-state index in [2.05, 4.69) is 41.5 Å². The van der Waals surface area contributed by atoms with Gasteiger partial charge in [0.05, 0.1) is 5.69 Å². The molecule has 3 nitrogen and oxygen atoms in total. The van der Waals surface area contributed by atoms with E-state index in [1.165, 1.54) is 11.1 Å². The molecule has 1 aliphatic heterocycles. The third kappa shape index (κ3) is 2.88. The molecule has 0 saturated carbocycles. The van der Waals surface area contributed by atoms with Crippen LogP contribution in [-0.4, -0.2) is 23.1 Å². The summed E-state index contributed by atoms with van der Waals surface area (Å²) in [6.07, 6.45) is 5.24. The number of hydrogen-bond acceptors (Lipinski definition) is 3. The van der Waals surface area contributed by atoms with Crippen LogP contribution in [0.2, 0.25) is 0 Å². The molecular formula is C17H21N3. The van der Waals surface area contributed by atoms with E-state index in [9.17, 15) is 0 Å². The molecule has 1 saturated heterocycles. The Morgan fingerprint density at radius 2 is 1.85 bits per heavy atom. The van der Waals surface area contributed by atoms with Gasteiger partial charge in [-0.05, 0) is 44.0 Å². The summed E-state index contributed by atoms with van der Waals surface area (Å²) < 4.78 is 0. The average molecular weight is 267 g/mol. The van der Waals surface area contributed by atoms with Crippen LogP contribution in [0.25, 0.3) is 11.3 Å². The first-order valence-corrected chi connectivity index (χ1v) is 7.50. The second-order valence-corrected chi connectivity index (χ2v) is 5.37. The largest absolute Gasteiger partial charge is 0.317 e. The maximum Gasteiger partial charge on any atom is 0.132 e. The second-order valence-electron chi connectivity index (χ2n) is 5.37. The lowest BCUT2D eigenvalue weighted by molar-refractivity contribution is 0.445. The highest BCUT2D eigenvalue weighted by Crippen LogP contribution is 2.24. The highest BCUT2D eigenvalue weighted by Gasteiger charge is 2.18. The minimum absolute atomic E-state index is 0.506. The van der Waals surface area contributed by atoms with Crippen molar-refractivity contribution in [2.75, 3.05) is 13.1 Å². The molecule has 0 atom stereocenters. The summed E-state index contributed by atoms with van der Waals surface area (Å²) in [5.74, 6) is 1.51. The van der Waals surface area contributed by atoms with Crippen LogP contribution in [0.3, 0.4) is 0 Å². The molecule has 1 fully saturated rings. The van der Waals surface area contributed by atoms with Gasteiger partial charge in [0, 0.05) is 17.7 Å². The summed E-state index contributed by atoms with van der Waals surface area (Å²) in [7, 11) is 0. The maximum atomic E-state index is 4.78. The summed E-state index contributed by atoms with van der Waals surface area (Å²) in [6.45, 7) is 4.32. The Bertz CT molecular complexity index is 557. The number of nitrogens with one attached hydrogen (secondary N) is 1. The Morgan fingerprint density at radius 3 is 2.55 bits per heavy atom. The monoisotopic (exact) mass is 267 g/mol. The predicted octanol–water partition coefficient (Wildman–Crippen LogP) is 3.17. The number of rotatable bonds is 3. The van der Waals surface area contributed by atoms with Crippen molar-refractivity contribution >= 4 is 0 Å². The predicted molar refractivity (Wildman–Crippen MR) is 81.7 cm³/mol. The summed E-state index contributed by atoms with van der Waals surface area (Å²) in [5.41, 5.74) is 3.58. The van der Waals surface area contributed by atoms with Crippen LogP contribution < -0.4 is 5.32 Å². The fourth-order valence-corrected chi connectivity index (χ4v) is 2.72. The van der Waals surface area contributed by atoms with Crippen molar-refractivity contribution in [2.24, 2.45) is 0 Å². The molecule has 2 aromatic rings. The number of piperidine rings is 1. The lowest BCUT2D eigenvalue weighted by Crippen LogP contribution is -2.27. The Morgan fingerprint density at radius 1 is 1.10 bits per heavy atom. The first-order valence-electron chi connectivity index (χ1n) is 7.50. The van der Waals surface area contributed by atoms with Crippen molar-refractivity contribution in [1.82, 2.24) is 15.3 Å². The van der Waals surface area contributed by atoms with E-state index in [1.54, 1.807) is 0 Å². The summed E-state index contributed by atoms with van der Waals surface area (Å²) in [4.78, 5) is 9.27. The van der Waals surface area contributed by atoms with Gasteiger partial charge in [-0.25, -0.2) is 9.97 Å². The van der Waals surface area contributed by atoms with Crippen molar-refractivity contribution in [3.05, 3.63) is 47.9 Å². The van der Waals surface area contributed by atoms with E-state index in [4.69, 9.17) is 4.98 Å². The number of benzene rings is 1. The molecule has 0 bridgehead atoms. The lowest BCUT2D eigenvalue weighted by atomic mass is 9.97. The topological polar surface area (TPSA) is 37.8 Å². The number of nitrogens with zero attached hydrogens (tertiary/aromatic N) is 2. The summed E-state index contributed by atoms with van der Waals surface area (Å²) in [6, 6.07) is 10.7. The lowest BCUT2D eigenvalue weighted by Gasteiger charge is -2.21. The Hall–Kier alpha value is -1.74. The molecule has 3 heteroatoms. The molecule has 0 aliphatic carbocycles. The molecule has 0 radical (unpaired) electrons. The number of aryl methyl sites for hydroxylation is 1. The normalized spacial score (nSPS) is 16.2. The van der Waals surface area contributed by atoms with Crippen molar-refractivity contribution in [2.45, 2.75) is 32.1 Å². The van der Waals surface area contributed by atoms with E-state index in [0.717, 1.165) is 43.9 Å². The molecule has 0 amide bonds. The third-order valence-corrected chi connectivity index (χ3v) is 4.04. The number of aromatic nitrogens is 2. The first kappa shape index (κ1) is 13.3. The van der Waals surface area contributed by atoms with E-state index < -0.39 is 0 Å². The van der Waals surface area contributed by atoms with Crippen LogP contribution in [0, 0.1) is 0 Å². The fraction of sp³-hybridized carbons (Fsp3) is 0.412. The molecule has 20 heavy (non-hydrogen) atoms. The third-order valence-electron chi connectivity index (χ3n) is 4.04. The van der Waals surface area contributed by atoms with E-state index in [-0.39, 0.29) is 0 Å². The summed E-state index contributed by atoms with van der Waals surface area (Å²) in [5, 5.41) is 3.39. The fourth-order valence-electron chi connectivity index (χ4n) is 2.72. The Balaban J connectivity index is 1.85. The molecule has 0 spiro atoms. The van der Waals surface area contributed by atoms with Gasteiger partial charge in [0.25, 0.3) is 0 Å². The molecule has 0 unspecified atom stereocenters. The van der Waals surface area contributed by atoms with Crippen molar-refractivity contribution in [3.63, 3.8) is 0 Å². The minimum Gasteiger partial charge on any atom is -0.317 e. The highest BCUT2D eigenvalue weighted by atomic mass is 14.9. The standard InChI is InChI=1S/C17H21N3/c1-2-13-3-5-14(6-4-13)16-9-12-19-17(20-16)15-7-10-18-11-8-15/h3-6,9,12,15,18H,2,7-8,10-11H2,1H3.